The molecule has 3 nitrogen and oxygen atoms in total. The SMILES string of the molecule is CCC1(CNC(=O)c2ccc(C#CCCO)c(C)c2)CC1. The number of amides is 1. The molecule has 0 spiro atoms. The normalized spacial score (nSPS) is 15.0. The lowest BCUT2D eigenvalue weighted by molar-refractivity contribution is 0.0944. The fourth-order valence-electron chi connectivity index (χ4n) is 2.36. The molecule has 0 radical (unpaired) electrons. The summed E-state index contributed by atoms with van der Waals surface area (Å²) in [4.78, 5) is 12.2. The van der Waals surface area contributed by atoms with E-state index in [0.29, 0.717) is 17.4 Å². The number of benzene rings is 1. The lowest BCUT2D eigenvalue weighted by Gasteiger charge is -2.13. The fourth-order valence-corrected chi connectivity index (χ4v) is 2.36. The number of aliphatic hydroxyl groups is 1. The second-order valence-corrected chi connectivity index (χ2v) is 5.84. The van der Waals surface area contributed by atoms with Gasteiger partial charge in [-0.3, -0.25) is 4.79 Å². The smallest absolute Gasteiger partial charge is 0.251 e. The van der Waals surface area contributed by atoms with Crippen LogP contribution in [-0.4, -0.2) is 24.2 Å². The standard InChI is InChI=1S/C18H23NO2/c1-3-18(9-10-18)13-19-17(21)16-8-7-15(14(2)12-16)6-4-5-11-20/h7-8,12,20H,3,5,9-11,13H2,1-2H3,(H,19,21). The van der Waals surface area contributed by atoms with Gasteiger partial charge in [-0.2, -0.15) is 0 Å². The minimum absolute atomic E-state index is 0.00677. The molecule has 2 N–H and O–H groups in total. The Morgan fingerprint density at radius 1 is 1.43 bits per heavy atom. The van der Waals surface area contributed by atoms with Gasteiger partial charge in [0.25, 0.3) is 5.91 Å². The maximum Gasteiger partial charge on any atom is 0.251 e. The number of hydrogen-bond donors (Lipinski definition) is 2. The average Bonchev–Trinajstić information content (AvgIpc) is 3.27. The van der Waals surface area contributed by atoms with Crippen molar-refractivity contribution in [2.24, 2.45) is 5.41 Å². The molecular weight excluding hydrogens is 262 g/mol. The van der Waals surface area contributed by atoms with Gasteiger partial charge in [0.1, 0.15) is 0 Å². The van der Waals surface area contributed by atoms with E-state index in [9.17, 15) is 4.79 Å². The van der Waals surface area contributed by atoms with E-state index in [0.717, 1.165) is 24.1 Å². The average molecular weight is 285 g/mol. The minimum atomic E-state index is -0.00677. The van der Waals surface area contributed by atoms with Crippen molar-refractivity contribution in [3.05, 3.63) is 34.9 Å². The van der Waals surface area contributed by atoms with E-state index >= 15 is 0 Å². The highest BCUT2D eigenvalue weighted by Crippen LogP contribution is 2.47. The van der Waals surface area contributed by atoms with Crippen LogP contribution >= 0.6 is 0 Å². The molecule has 1 aromatic rings. The third kappa shape index (κ3) is 4.09. The molecule has 1 amide bonds. The number of nitrogens with one attached hydrogen (secondary N) is 1. The maximum atomic E-state index is 12.2. The van der Waals surface area contributed by atoms with Crippen LogP contribution in [0.4, 0.5) is 0 Å². The Bertz CT molecular complexity index is 577. The van der Waals surface area contributed by atoms with E-state index in [1.54, 1.807) is 0 Å². The molecule has 0 atom stereocenters. The van der Waals surface area contributed by atoms with Crippen molar-refractivity contribution >= 4 is 5.91 Å². The lowest BCUT2D eigenvalue weighted by Crippen LogP contribution is -2.30. The zero-order chi connectivity index (χ0) is 15.3. The van der Waals surface area contributed by atoms with Gasteiger partial charge in [-0.25, -0.2) is 0 Å². The van der Waals surface area contributed by atoms with Crippen molar-refractivity contribution < 1.29 is 9.90 Å². The molecule has 1 aliphatic rings. The maximum absolute atomic E-state index is 12.2. The first-order valence-corrected chi connectivity index (χ1v) is 7.59. The first-order chi connectivity index (χ1) is 10.1. The second-order valence-electron chi connectivity index (χ2n) is 5.84. The van der Waals surface area contributed by atoms with Gasteiger partial charge in [-0.05, 0) is 55.4 Å². The predicted octanol–water partition coefficient (Wildman–Crippen LogP) is 2.65. The molecule has 1 aliphatic carbocycles. The Kier molecular flexibility index (Phi) is 5.03. The van der Waals surface area contributed by atoms with E-state index in [1.807, 2.05) is 25.1 Å². The molecule has 3 heteroatoms. The van der Waals surface area contributed by atoms with Crippen LogP contribution in [0.2, 0.25) is 0 Å². The van der Waals surface area contributed by atoms with Gasteiger partial charge < -0.3 is 10.4 Å². The van der Waals surface area contributed by atoms with Gasteiger partial charge in [0.15, 0.2) is 0 Å². The molecular formula is C18H23NO2. The van der Waals surface area contributed by atoms with Crippen molar-refractivity contribution in [2.45, 2.75) is 39.5 Å². The largest absolute Gasteiger partial charge is 0.395 e. The van der Waals surface area contributed by atoms with Crippen LogP contribution in [0.3, 0.4) is 0 Å². The van der Waals surface area contributed by atoms with Gasteiger partial charge in [0.2, 0.25) is 0 Å². The van der Waals surface area contributed by atoms with Crippen LogP contribution in [0.5, 0.6) is 0 Å². The Morgan fingerprint density at radius 3 is 2.76 bits per heavy atom. The second kappa shape index (κ2) is 6.78. The van der Waals surface area contributed by atoms with E-state index in [1.165, 1.54) is 12.8 Å². The number of aryl methyl sites for hydroxylation is 1. The lowest BCUT2D eigenvalue weighted by atomic mass is 10.0. The summed E-state index contributed by atoms with van der Waals surface area (Å²) in [6.45, 7) is 4.99. The number of rotatable bonds is 5. The third-order valence-electron chi connectivity index (χ3n) is 4.28. The predicted molar refractivity (Wildman–Crippen MR) is 84.1 cm³/mol. The molecule has 0 unspecified atom stereocenters. The van der Waals surface area contributed by atoms with Crippen molar-refractivity contribution in [2.75, 3.05) is 13.2 Å². The molecule has 1 aromatic carbocycles. The molecule has 2 rings (SSSR count). The summed E-state index contributed by atoms with van der Waals surface area (Å²) >= 11 is 0. The van der Waals surface area contributed by atoms with E-state index in [2.05, 4.69) is 24.1 Å². The Balaban J connectivity index is 1.99. The zero-order valence-corrected chi connectivity index (χ0v) is 12.8. The summed E-state index contributed by atoms with van der Waals surface area (Å²) in [5, 5.41) is 11.8. The van der Waals surface area contributed by atoms with Crippen LogP contribution < -0.4 is 5.32 Å². The monoisotopic (exact) mass is 285 g/mol. The zero-order valence-electron chi connectivity index (χ0n) is 12.8. The molecule has 0 aromatic heterocycles. The number of carbonyl (C=O) groups excluding carboxylic acids is 1. The number of aliphatic hydroxyl groups excluding tert-OH is 1. The van der Waals surface area contributed by atoms with Crippen LogP contribution in [0.15, 0.2) is 18.2 Å². The Labute approximate surface area is 126 Å². The molecule has 0 saturated heterocycles. The number of hydrogen-bond acceptors (Lipinski definition) is 2. The molecule has 0 bridgehead atoms. The van der Waals surface area contributed by atoms with Gasteiger partial charge in [-0.1, -0.05) is 18.8 Å². The first kappa shape index (κ1) is 15.6. The van der Waals surface area contributed by atoms with Crippen molar-refractivity contribution in [1.29, 1.82) is 0 Å². The highest BCUT2D eigenvalue weighted by molar-refractivity contribution is 5.94. The molecule has 1 saturated carbocycles. The molecule has 21 heavy (non-hydrogen) atoms. The molecule has 112 valence electrons. The van der Waals surface area contributed by atoms with Crippen LogP contribution in [0.25, 0.3) is 0 Å². The Morgan fingerprint density at radius 2 is 2.19 bits per heavy atom. The summed E-state index contributed by atoms with van der Waals surface area (Å²) in [5.74, 6) is 5.91. The van der Waals surface area contributed by atoms with Crippen LogP contribution in [-0.2, 0) is 0 Å². The highest BCUT2D eigenvalue weighted by Gasteiger charge is 2.40. The van der Waals surface area contributed by atoms with Gasteiger partial charge >= 0.3 is 0 Å². The van der Waals surface area contributed by atoms with E-state index in [4.69, 9.17) is 5.11 Å². The quantitative estimate of drug-likeness (QED) is 0.817. The van der Waals surface area contributed by atoms with Gasteiger partial charge in [0.05, 0.1) is 6.61 Å². The topological polar surface area (TPSA) is 49.3 Å². The summed E-state index contributed by atoms with van der Waals surface area (Å²) in [6.07, 6.45) is 4.05. The summed E-state index contributed by atoms with van der Waals surface area (Å²) in [5.41, 5.74) is 2.95. The number of carbonyl (C=O) groups is 1. The minimum Gasteiger partial charge on any atom is -0.395 e. The third-order valence-corrected chi connectivity index (χ3v) is 4.28. The van der Waals surface area contributed by atoms with Gasteiger partial charge in [-0.15, -0.1) is 0 Å². The summed E-state index contributed by atoms with van der Waals surface area (Å²) < 4.78 is 0. The highest BCUT2D eigenvalue weighted by atomic mass is 16.2. The van der Waals surface area contributed by atoms with E-state index < -0.39 is 0 Å². The fraction of sp³-hybridized carbons (Fsp3) is 0.500. The molecule has 0 aliphatic heterocycles. The van der Waals surface area contributed by atoms with Crippen LogP contribution in [0, 0.1) is 24.2 Å². The molecule has 1 fully saturated rings. The summed E-state index contributed by atoms with van der Waals surface area (Å²) in [6, 6.07) is 5.57. The van der Waals surface area contributed by atoms with Crippen molar-refractivity contribution in [1.82, 2.24) is 5.32 Å². The van der Waals surface area contributed by atoms with Gasteiger partial charge in [0, 0.05) is 24.1 Å². The van der Waals surface area contributed by atoms with Crippen LogP contribution in [0.1, 0.15) is 54.1 Å². The summed E-state index contributed by atoms with van der Waals surface area (Å²) in [7, 11) is 0. The van der Waals surface area contributed by atoms with Crippen molar-refractivity contribution in [3.8, 4) is 11.8 Å². The van der Waals surface area contributed by atoms with E-state index in [-0.39, 0.29) is 12.5 Å². The molecule has 0 heterocycles. The first-order valence-electron chi connectivity index (χ1n) is 7.59. The van der Waals surface area contributed by atoms with Crippen molar-refractivity contribution in [3.63, 3.8) is 0 Å². The Hall–Kier alpha value is -1.79.